The van der Waals surface area contributed by atoms with E-state index in [1.165, 1.54) is 6.92 Å². The summed E-state index contributed by atoms with van der Waals surface area (Å²) in [4.78, 5) is 15.7. The Hall–Kier alpha value is -1.12. The second kappa shape index (κ2) is 4.40. The molecule has 78 valence electrons. The van der Waals surface area contributed by atoms with Crippen LogP contribution in [0, 0.1) is 0 Å². The minimum atomic E-state index is -0.0814. The van der Waals surface area contributed by atoms with Gasteiger partial charge in [0, 0.05) is 18.2 Å². The fraction of sp³-hybridized carbons (Fsp3) is 0.636. The number of carbonyl (C=O) groups is 1. The lowest BCUT2D eigenvalue weighted by Crippen LogP contribution is -2.10. The first-order chi connectivity index (χ1) is 6.56. The minimum Gasteiger partial charge on any atom is -0.511 e. The third-order valence-corrected chi connectivity index (χ3v) is 2.49. The molecule has 14 heavy (non-hydrogen) atoms. The van der Waals surface area contributed by atoms with E-state index in [0.717, 1.165) is 12.1 Å². The maximum atomic E-state index is 11.2. The topological polar surface area (TPSA) is 49.7 Å². The molecule has 3 nitrogen and oxygen atoms in total. The average Bonchev–Trinajstić information content (AvgIpc) is 2.46. The molecule has 0 aromatic heterocycles. The smallest absolute Gasteiger partial charge is 0.164 e. The van der Waals surface area contributed by atoms with Crippen molar-refractivity contribution in [3.8, 4) is 0 Å². The molecule has 1 rings (SSSR count). The summed E-state index contributed by atoms with van der Waals surface area (Å²) in [5, 5.41) is 9.49. The summed E-state index contributed by atoms with van der Waals surface area (Å²) in [6.45, 7) is 5.55. The van der Waals surface area contributed by atoms with Gasteiger partial charge >= 0.3 is 0 Å². The highest BCUT2D eigenvalue weighted by Crippen LogP contribution is 2.23. The fourth-order valence-corrected chi connectivity index (χ4v) is 1.55. The Balaban J connectivity index is 2.93. The number of nitrogens with zero attached hydrogens (tertiary/aromatic N) is 1. The predicted octanol–water partition coefficient (Wildman–Crippen LogP) is 2.42. The van der Waals surface area contributed by atoms with Gasteiger partial charge in [-0.05, 0) is 26.7 Å². The van der Waals surface area contributed by atoms with Crippen LogP contribution in [-0.2, 0) is 4.79 Å². The van der Waals surface area contributed by atoms with Gasteiger partial charge in [-0.2, -0.15) is 0 Å². The summed E-state index contributed by atoms with van der Waals surface area (Å²) in [5.74, 6) is 0.126. The van der Waals surface area contributed by atoms with Crippen LogP contribution in [0.1, 0.15) is 40.0 Å². The zero-order chi connectivity index (χ0) is 10.7. The molecule has 0 aromatic carbocycles. The molecule has 3 heteroatoms. The second-order valence-corrected chi connectivity index (χ2v) is 3.71. The molecule has 1 unspecified atom stereocenters. The van der Waals surface area contributed by atoms with Crippen molar-refractivity contribution in [2.45, 2.75) is 46.1 Å². The standard InChI is InChI=1S/C11H17NO2/c1-4-7(2)12-9-5-6-10(14)11(9)8(3)13/h7,14H,4-6H2,1-3H3. The van der Waals surface area contributed by atoms with Crippen LogP contribution in [0.15, 0.2) is 16.3 Å². The Labute approximate surface area is 84.5 Å². The van der Waals surface area contributed by atoms with E-state index in [-0.39, 0.29) is 17.6 Å². The van der Waals surface area contributed by atoms with Crippen molar-refractivity contribution in [3.05, 3.63) is 11.3 Å². The van der Waals surface area contributed by atoms with Gasteiger partial charge in [-0.3, -0.25) is 9.79 Å². The third kappa shape index (κ3) is 2.22. The van der Waals surface area contributed by atoms with Gasteiger partial charge in [0.1, 0.15) is 5.76 Å². The summed E-state index contributed by atoms with van der Waals surface area (Å²) >= 11 is 0. The number of aliphatic imine (C=N–C) groups is 1. The summed E-state index contributed by atoms with van der Waals surface area (Å²) < 4.78 is 0. The van der Waals surface area contributed by atoms with E-state index in [9.17, 15) is 9.90 Å². The molecule has 1 aliphatic rings. The Morgan fingerprint density at radius 3 is 2.71 bits per heavy atom. The Morgan fingerprint density at radius 1 is 1.57 bits per heavy atom. The molecule has 1 aliphatic carbocycles. The van der Waals surface area contributed by atoms with Crippen LogP contribution in [0.2, 0.25) is 0 Å². The van der Waals surface area contributed by atoms with E-state index < -0.39 is 0 Å². The number of allylic oxidation sites excluding steroid dienone is 2. The minimum absolute atomic E-state index is 0.0814. The maximum absolute atomic E-state index is 11.2. The number of aliphatic hydroxyl groups excluding tert-OH is 1. The van der Waals surface area contributed by atoms with Gasteiger partial charge in [0.15, 0.2) is 5.78 Å². The number of Topliss-reactive ketones (excluding diaryl/α,β-unsaturated/α-hetero) is 1. The van der Waals surface area contributed by atoms with E-state index in [4.69, 9.17) is 0 Å². The first kappa shape index (κ1) is 11.0. The molecule has 0 bridgehead atoms. The van der Waals surface area contributed by atoms with Gasteiger partial charge in [-0.1, -0.05) is 6.92 Å². The van der Waals surface area contributed by atoms with Crippen molar-refractivity contribution in [1.29, 1.82) is 0 Å². The molecule has 0 saturated heterocycles. The highest BCUT2D eigenvalue weighted by atomic mass is 16.3. The number of carbonyl (C=O) groups excluding carboxylic acids is 1. The molecule has 0 radical (unpaired) electrons. The van der Waals surface area contributed by atoms with Gasteiger partial charge in [-0.15, -0.1) is 0 Å². The van der Waals surface area contributed by atoms with Crippen LogP contribution in [-0.4, -0.2) is 22.6 Å². The van der Waals surface area contributed by atoms with Crippen molar-refractivity contribution in [1.82, 2.24) is 0 Å². The summed E-state index contributed by atoms with van der Waals surface area (Å²) in [6.07, 6.45) is 2.21. The lowest BCUT2D eigenvalue weighted by atomic mass is 10.1. The molecule has 0 saturated carbocycles. The van der Waals surface area contributed by atoms with Crippen LogP contribution in [0.4, 0.5) is 0 Å². The fourth-order valence-electron chi connectivity index (χ4n) is 1.55. The number of ketones is 1. The zero-order valence-electron chi connectivity index (χ0n) is 9.00. The van der Waals surface area contributed by atoms with Crippen molar-refractivity contribution in [2.24, 2.45) is 4.99 Å². The molecule has 0 fully saturated rings. The van der Waals surface area contributed by atoms with Crippen molar-refractivity contribution in [2.75, 3.05) is 0 Å². The summed E-state index contributed by atoms with van der Waals surface area (Å²) in [7, 11) is 0. The Morgan fingerprint density at radius 2 is 2.21 bits per heavy atom. The van der Waals surface area contributed by atoms with Gasteiger partial charge < -0.3 is 5.11 Å². The molecule has 0 aliphatic heterocycles. The highest BCUT2D eigenvalue weighted by Gasteiger charge is 2.24. The van der Waals surface area contributed by atoms with Gasteiger partial charge in [0.2, 0.25) is 0 Å². The van der Waals surface area contributed by atoms with E-state index in [1.807, 2.05) is 6.92 Å². The SMILES string of the molecule is CCC(C)N=C1CCC(O)=C1C(C)=O. The van der Waals surface area contributed by atoms with E-state index >= 15 is 0 Å². The molecule has 0 heterocycles. The van der Waals surface area contributed by atoms with Gasteiger partial charge in [-0.25, -0.2) is 0 Å². The predicted molar refractivity (Wildman–Crippen MR) is 56.8 cm³/mol. The lowest BCUT2D eigenvalue weighted by Gasteiger charge is -2.05. The third-order valence-electron chi connectivity index (χ3n) is 2.49. The Bertz CT molecular complexity index is 302. The van der Waals surface area contributed by atoms with Crippen molar-refractivity contribution >= 4 is 11.5 Å². The number of hydrogen-bond donors (Lipinski definition) is 1. The largest absolute Gasteiger partial charge is 0.511 e. The first-order valence-electron chi connectivity index (χ1n) is 5.06. The second-order valence-electron chi connectivity index (χ2n) is 3.71. The van der Waals surface area contributed by atoms with E-state index in [0.29, 0.717) is 18.4 Å². The van der Waals surface area contributed by atoms with Crippen LogP contribution < -0.4 is 0 Å². The zero-order valence-corrected chi connectivity index (χ0v) is 9.00. The van der Waals surface area contributed by atoms with E-state index in [1.54, 1.807) is 0 Å². The van der Waals surface area contributed by atoms with Gasteiger partial charge in [0.25, 0.3) is 0 Å². The molecule has 1 atom stereocenters. The van der Waals surface area contributed by atoms with Crippen molar-refractivity contribution < 1.29 is 9.90 Å². The summed E-state index contributed by atoms with van der Waals surface area (Å²) in [6, 6.07) is 0.227. The monoisotopic (exact) mass is 195 g/mol. The molecule has 0 amide bonds. The average molecular weight is 195 g/mol. The number of rotatable bonds is 3. The molecule has 0 spiro atoms. The molecule has 1 N–H and O–H groups in total. The van der Waals surface area contributed by atoms with Crippen molar-refractivity contribution in [3.63, 3.8) is 0 Å². The van der Waals surface area contributed by atoms with E-state index in [2.05, 4.69) is 11.9 Å². The number of hydrogen-bond acceptors (Lipinski definition) is 3. The van der Waals surface area contributed by atoms with Crippen LogP contribution in [0.5, 0.6) is 0 Å². The normalized spacial score (nSPS) is 21.8. The maximum Gasteiger partial charge on any atom is 0.164 e. The summed E-state index contributed by atoms with van der Waals surface area (Å²) in [5.41, 5.74) is 1.23. The quantitative estimate of drug-likeness (QED) is 0.751. The van der Waals surface area contributed by atoms with Gasteiger partial charge in [0.05, 0.1) is 5.57 Å². The first-order valence-corrected chi connectivity index (χ1v) is 5.06. The van der Waals surface area contributed by atoms with Crippen LogP contribution >= 0.6 is 0 Å². The molecule has 0 aromatic rings. The lowest BCUT2D eigenvalue weighted by molar-refractivity contribution is -0.113. The molecular formula is C11H17NO2. The molecular weight excluding hydrogens is 178 g/mol. The van der Waals surface area contributed by atoms with Crippen LogP contribution in [0.3, 0.4) is 0 Å². The Kier molecular flexibility index (Phi) is 3.44. The highest BCUT2D eigenvalue weighted by molar-refractivity contribution is 6.23. The number of aliphatic hydroxyl groups is 1. The van der Waals surface area contributed by atoms with Crippen LogP contribution in [0.25, 0.3) is 0 Å².